The van der Waals surface area contributed by atoms with Gasteiger partial charge in [0.2, 0.25) is 0 Å². The zero-order valence-electron chi connectivity index (χ0n) is 14.3. The van der Waals surface area contributed by atoms with Gasteiger partial charge in [0.25, 0.3) is 0 Å². The van der Waals surface area contributed by atoms with Crippen molar-refractivity contribution in [3.63, 3.8) is 0 Å². The van der Waals surface area contributed by atoms with Crippen LogP contribution in [0.2, 0.25) is 5.02 Å². The van der Waals surface area contributed by atoms with Gasteiger partial charge < -0.3 is 4.74 Å². The van der Waals surface area contributed by atoms with Gasteiger partial charge in [0.15, 0.2) is 0 Å². The van der Waals surface area contributed by atoms with Crippen LogP contribution in [0.4, 0.5) is 0 Å². The lowest BCUT2D eigenvalue weighted by Gasteiger charge is -2.25. The first kappa shape index (κ1) is 19.1. The molecular weight excluding hydrogens is 341 g/mol. The summed E-state index contributed by atoms with van der Waals surface area (Å²) in [4.78, 5) is 2.32. The Morgan fingerprint density at radius 3 is 2.46 bits per heavy atom. The fraction of sp³-hybridized carbons (Fsp3) is 0.400. The van der Waals surface area contributed by atoms with Crippen LogP contribution in [0.5, 0.6) is 5.75 Å². The highest BCUT2D eigenvalue weighted by Crippen LogP contribution is 2.25. The topological polar surface area (TPSA) is 12.5 Å². The number of benzene rings is 2. The average Bonchev–Trinajstić information content (AvgIpc) is 2.56. The van der Waals surface area contributed by atoms with E-state index in [0.29, 0.717) is 18.5 Å². The largest absolute Gasteiger partial charge is 0.492 e. The Hall–Kier alpha value is -1.22. The third kappa shape index (κ3) is 6.01. The molecule has 4 heteroatoms. The van der Waals surface area contributed by atoms with E-state index in [1.165, 1.54) is 5.56 Å². The van der Waals surface area contributed by atoms with E-state index in [1.54, 1.807) is 0 Å². The molecule has 0 amide bonds. The Kier molecular flexibility index (Phi) is 7.90. The van der Waals surface area contributed by atoms with Crippen molar-refractivity contribution in [1.82, 2.24) is 4.90 Å². The smallest absolute Gasteiger partial charge is 0.122 e. The minimum absolute atomic E-state index is 0.460. The Labute approximate surface area is 155 Å². The van der Waals surface area contributed by atoms with E-state index in [-0.39, 0.29) is 0 Å². The number of halogens is 2. The second-order valence-corrected chi connectivity index (χ2v) is 6.90. The Bertz CT molecular complexity index is 616. The van der Waals surface area contributed by atoms with Crippen molar-refractivity contribution in [1.29, 1.82) is 0 Å². The van der Waals surface area contributed by atoms with E-state index in [4.69, 9.17) is 27.9 Å². The lowest BCUT2D eigenvalue weighted by molar-refractivity contribution is 0.184. The molecule has 0 aromatic heterocycles. The highest BCUT2D eigenvalue weighted by molar-refractivity contribution is 6.30. The van der Waals surface area contributed by atoms with Gasteiger partial charge in [-0.15, -0.1) is 11.6 Å². The molecule has 2 aromatic rings. The van der Waals surface area contributed by atoms with E-state index in [1.807, 2.05) is 36.4 Å². The van der Waals surface area contributed by atoms with Crippen LogP contribution in [0.25, 0.3) is 0 Å². The first-order chi connectivity index (χ1) is 11.6. The van der Waals surface area contributed by atoms with Crippen molar-refractivity contribution >= 4 is 23.2 Å². The minimum atomic E-state index is 0.460. The second-order valence-electron chi connectivity index (χ2n) is 6.08. The van der Waals surface area contributed by atoms with Crippen LogP contribution >= 0.6 is 23.2 Å². The van der Waals surface area contributed by atoms with Crippen molar-refractivity contribution in [2.24, 2.45) is 0 Å². The molecule has 0 aliphatic heterocycles. The summed E-state index contributed by atoms with van der Waals surface area (Å²) in [6.07, 6.45) is 0.812. The van der Waals surface area contributed by atoms with Gasteiger partial charge in [0.1, 0.15) is 12.4 Å². The highest BCUT2D eigenvalue weighted by Gasteiger charge is 2.10. The highest BCUT2D eigenvalue weighted by atomic mass is 35.5. The number of ether oxygens (including phenoxy) is 1. The predicted molar refractivity (Wildman–Crippen MR) is 104 cm³/mol. The van der Waals surface area contributed by atoms with Crippen molar-refractivity contribution in [3.05, 3.63) is 64.7 Å². The Morgan fingerprint density at radius 1 is 1.04 bits per heavy atom. The predicted octanol–water partition coefficient (Wildman–Crippen LogP) is 5.26. The molecular formula is C20H25Cl2NO. The number of rotatable bonds is 9. The van der Waals surface area contributed by atoms with E-state index < -0.39 is 0 Å². The van der Waals surface area contributed by atoms with Gasteiger partial charge in [0, 0.05) is 36.5 Å². The van der Waals surface area contributed by atoms with Crippen LogP contribution in [0.15, 0.2) is 48.5 Å². The fourth-order valence-corrected chi connectivity index (χ4v) is 3.06. The van der Waals surface area contributed by atoms with E-state index >= 15 is 0 Å². The van der Waals surface area contributed by atoms with Crippen LogP contribution in [-0.2, 0) is 6.42 Å². The van der Waals surface area contributed by atoms with Crippen molar-refractivity contribution in [2.45, 2.75) is 26.3 Å². The molecule has 0 aliphatic rings. The Balaban J connectivity index is 2.02. The summed E-state index contributed by atoms with van der Waals surface area (Å²) in [5.41, 5.74) is 2.36. The second kappa shape index (κ2) is 9.93. The summed E-state index contributed by atoms with van der Waals surface area (Å²) in [6, 6.07) is 16.6. The molecule has 2 nitrogen and oxygen atoms in total. The molecule has 0 bridgehead atoms. The first-order valence-corrected chi connectivity index (χ1v) is 9.26. The van der Waals surface area contributed by atoms with Gasteiger partial charge in [-0.05, 0) is 43.2 Å². The quantitative estimate of drug-likeness (QED) is 0.562. The van der Waals surface area contributed by atoms with Crippen LogP contribution in [0, 0.1) is 0 Å². The van der Waals surface area contributed by atoms with Crippen LogP contribution in [-0.4, -0.2) is 36.5 Å². The van der Waals surface area contributed by atoms with Gasteiger partial charge in [-0.3, -0.25) is 4.90 Å². The van der Waals surface area contributed by atoms with Crippen molar-refractivity contribution < 1.29 is 4.74 Å². The summed E-state index contributed by atoms with van der Waals surface area (Å²) >= 11 is 12.0. The van der Waals surface area contributed by atoms with Crippen molar-refractivity contribution in [3.8, 4) is 5.75 Å². The summed E-state index contributed by atoms with van der Waals surface area (Å²) in [5, 5.41) is 0.735. The molecule has 24 heavy (non-hydrogen) atoms. The molecule has 0 radical (unpaired) electrons. The number of hydrogen-bond acceptors (Lipinski definition) is 2. The fourth-order valence-electron chi connectivity index (χ4n) is 2.65. The molecule has 2 rings (SSSR count). The van der Waals surface area contributed by atoms with Gasteiger partial charge in [0.05, 0.1) is 0 Å². The molecule has 0 heterocycles. The normalized spacial score (nSPS) is 11.2. The number of nitrogens with zero attached hydrogens (tertiary/aromatic N) is 1. The van der Waals surface area contributed by atoms with E-state index in [0.717, 1.165) is 35.8 Å². The molecule has 0 aliphatic carbocycles. The third-order valence-electron chi connectivity index (χ3n) is 4.00. The first-order valence-electron chi connectivity index (χ1n) is 8.35. The Morgan fingerprint density at radius 2 is 1.79 bits per heavy atom. The van der Waals surface area contributed by atoms with Crippen LogP contribution in [0.1, 0.15) is 25.0 Å². The summed E-state index contributed by atoms with van der Waals surface area (Å²) in [7, 11) is 0. The zero-order chi connectivity index (χ0) is 17.4. The molecule has 0 unspecified atom stereocenters. The minimum Gasteiger partial charge on any atom is -0.492 e. The zero-order valence-corrected chi connectivity index (χ0v) is 15.9. The maximum absolute atomic E-state index is 6.17. The number of alkyl halides is 1. The summed E-state index contributed by atoms with van der Waals surface area (Å²) < 4.78 is 6.05. The molecule has 0 saturated carbocycles. The van der Waals surface area contributed by atoms with E-state index in [2.05, 4.69) is 30.9 Å². The molecule has 130 valence electrons. The van der Waals surface area contributed by atoms with Gasteiger partial charge in [-0.2, -0.15) is 0 Å². The molecule has 0 atom stereocenters. The van der Waals surface area contributed by atoms with Gasteiger partial charge in [-0.1, -0.05) is 41.9 Å². The molecule has 2 aromatic carbocycles. The summed E-state index contributed by atoms with van der Waals surface area (Å²) in [5.74, 6) is 1.54. The molecule has 0 fully saturated rings. The van der Waals surface area contributed by atoms with Crippen molar-refractivity contribution in [2.75, 3.05) is 25.6 Å². The van der Waals surface area contributed by atoms with Gasteiger partial charge >= 0.3 is 0 Å². The average molecular weight is 366 g/mol. The standard InChI is InChI=1S/C20H25Cl2NO/c1-16(2)23(11-10-21)12-13-24-20-9-8-19(22)15-18(20)14-17-6-4-3-5-7-17/h3-9,15-16H,10-14H2,1-2H3. The van der Waals surface area contributed by atoms with Gasteiger partial charge in [-0.25, -0.2) is 0 Å². The third-order valence-corrected chi connectivity index (χ3v) is 4.40. The molecule has 0 spiro atoms. The molecule has 0 saturated heterocycles. The van der Waals surface area contributed by atoms with Crippen LogP contribution in [0.3, 0.4) is 0 Å². The van der Waals surface area contributed by atoms with E-state index in [9.17, 15) is 0 Å². The van der Waals surface area contributed by atoms with Crippen LogP contribution < -0.4 is 4.74 Å². The summed E-state index contributed by atoms with van der Waals surface area (Å²) in [6.45, 7) is 6.72. The number of hydrogen-bond donors (Lipinski definition) is 0. The molecule has 0 N–H and O–H groups in total. The maximum atomic E-state index is 6.17. The lowest BCUT2D eigenvalue weighted by Crippen LogP contribution is -2.36. The lowest BCUT2D eigenvalue weighted by atomic mass is 10.0. The monoisotopic (exact) mass is 365 g/mol. The SMILES string of the molecule is CC(C)N(CCCl)CCOc1ccc(Cl)cc1Cc1ccccc1. The maximum Gasteiger partial charge on any atom is 0.122 e.